The number of cyclic esters (lactones) is 1. The molecule has 1 fully saturated rings. The summed E-state index contributed by atoms with van der Waals surface area (Å²) in [5, 5.41) is 4.48. The summed E-state index contributed by atoms with van der Waals surface area (Å²) in [6.45, 7) is 5.41. The lowest BCUT2D eigenvalue weighted by Gasteiger charge is -2.32. The molecule has 1 saturated heterocycles. The Balaban J connectivity index is 1.46. The van der Waals surface area contributed by atoms with Crippen LogP contribution in [0.4, 0.5) is 0 Å². The summed E-state index contributed by atoms with van der Waals surface area (Å²) in [5.41, 5.74) is 6.71. The molecule has 2 aliphatic rings. The number of ether oxygens (including phenoxy) is 1. The summed E-state index contributed by atoms with van der Waals surface area (Å²) in [7, 11) is 0. The number of fused-ring (bicyclic) bond motifs is 3. The SMILES string of the molecule is CCC(C(=O)c1ccc(Br)cc1)C1C(C(=O)NN=C2c3ccccc3-c3ccccc32)C(=O)OC1(C)C. The first-order valence-electron chi connectivity index (χ1n) is 12.3. The number of benzene rings is 3. The predicted octanol–water partition coefficient (Wildman–Crippen LogP) is 5.78. The molecule has 37 heavy (non-hydrogen) atoms. The van der Waals surface area contributed by atoms with Crippen LogP contribution in [0.25, 0.3) is 11.1 Å². The maximum absolute atomic E-state index is 13.5. The first-order chi connectivity index (χ1) is 17.7. The number of nitrogens with one attached hydrogen (secondary N) is 1. The molecule has 1 amide bonds. The van der Waals surface area contributed by atoms with Gasteiger partial charge in [-0.15, -0.1) is 0 Å². The molecule has 1 heterocycles. The predicted molar refractivity (Wildman–Crippen MR) is 145 cm³/mol. The van der Waals surface area contributed by atoms with Crippen molar-refractivity contribution in [1.29, 1.82) is 0 Å². The Morgan fingerprint density at radius 1 is 0.946 bits per heavy atom. The number of nitrogens with zero attached hydrogens (tertiary/aromatic N) is 1. The largest absolute Gasteiger partial charge is 0.459 e. The van der Waals surface area contributed by atoms with E-state index in [4.69, 9.17) is 4.74 Å². The van der Waals surface area contributed by atoms with E-state index in [1.807, 2.05) is 55.5 Å². The number of hydrogen-bond donors (Lipinski definition) is 1. The molecule has 0 radical (unpaired) electrons. The molecule has 3 aromatic rings. The normalized spacial score (nSPS) is 20.0. The van der Waals surface area contributed by atoms with Crippen molar-refractivity contribution in [3.05, 3.63) is 94.0 Å². The van der Waals surface area contributed by atoms with Gasteiger partial charge in [0.05, 0.1) is 5.71 Å². The second kappa shape index (κ2) is 9.71. The van der Waals surface area contributed by atoms with Crippen molar-refractivity contribution >= 4 is 39.3 Å². The molecule has 3 atom stereocenters. The third-order valence-corrected chi connectivity index (χ3v) is 7.86. The van der Waals surface area contributed by atoms with Gasteiger partial charge in [0.15, 0.2) is 5.78 Å². The van der Waals surface area contributed by atoms with Crippen molar-refractivity contribution in [3.63, 3.8) is 0 Å². The Morgan fingerprint density at radius 2 is 1.49 bits per heavy atom. The topological polar surface area (TPSA) is 84.8 Å². The number of Topliss-reactive ketones (excluding diaryl/α,β-unsaturated/α-hetero) is 1. The maximum Gasteiger partial charge on any atom is 0.319 e. The van der Waals surface area contributed by atoms with Crippen molar-refractivity contribution in [2.75, 3.05) is 0 Å². The summed E-state index contributed by atoms with van der Waals surface area (Å²) in [6, 6.07) is 22.8. The lowest BCUT2D eigenvalue weighted by atomic mass is 9.70. The number of carbonyl (C=O) groups is 3. The van der Waals surface area contributed by atoms with Gasteiger partial charge in [0.1, 0.15) is 11.5 Å². The van der Waals surface area contributed by atoms with E-state index in [0.29, 0.717) is 17.7 Å². The molecule has 6 nitrogen and oxygen atoms in total. The molecule has 3 unspecified atom stereocenters. The zero-order valence-corrected chi connectivity index (χ0v) is 22.4. The summed E-state index contributed by atoms with van der Waals surface area (Å²) < 4.78 is 6.52. The van der Waals surface area contributed by atoms with Gasteiger partial charge in [-0.3, -0.25) is 14.4 Å². The van der Waals surface area contributed by atoms with Gasteiger partial charge in [0, 0.05) is 33.0 Å². The number of rotatable bonds is 6. The Bertz CT molecular complexity index is 1380. The number of halogens is 1. The molecule has 0 aromatic heterocycles. The Labute approximate surface area is 224 Å². The fraction of sp³-hybridized carbons (Fsp3) is 0.267. The Hall–Kier alpha value is -3.58. The van der Waals surface area contributed by atoms with E-state index in [-0.39, 0.29) is 5.78 Å². The van der Waals surface area contributed by atoms with Gasteiger partial charge in [0.2, 0.25) is 0 Å². The average molecular weight is 559 g/mol. The van der Waals surface area contributed by atoms with Crippen molar-refractivity contribution in [3.8, 4) is 11.1 Å². The van der Waals surface area contributed by atoms with Crippen LogP contribution in [0, 0.1) is 17.8 Å². The number of hydrazone groups is 1. The van der Waals surface area contributed by atoms with E-state index in [0.717, 1.165) is 26.7 Å². The summed E-state index contributed by atoms with van der Waals surface area (Å²) in [4.78, 5) is 40.1. The second-order valence-corrected chi connectivity index (χ2v) is 10.9. The lowest BCUT2D eigenvalue weighted by molar-refractivity contribution is -0.150. The van der Waals surface area contributed by atoms with Gasteiger partial charge in [-0.2, -0.15) is 5.10 Å². The van der Waals surface area contributed by atoms with E-state index in [1.165, 1.54) is 0 Å². The van der Waals surface area contributed by atoms with Crippen LogP contribution in [0.3, 0.4) is 0 Å². The van der Waals surface area contributed by atoms with Gasteiger partial charge in [0.25, 0.3) is 5.91 Å². The highest BCUT2D eigenvalue weighted by atomic mass is 79.9. The number of amides is 1. The molecule has 0 spiro atoms. The van der Waals surface area contributed by atoms with E-state index in [2.05, 4.69) is 26.5 Å². The van der Waals surface area contributed by atoms with E-state index in [9.17, 15) is 14.4 Å². The molecule has 1 N–H and O–H groups in total. The van der Waals surface area contributed by atoms with Crippen LogP contribution in [0.1, 0.15) is 48.7 Å². The molecular weight excluding hydrogens is 532 g/mol. The number of carbonyl (C=O) groups excluding carboxylic acids is 3. The quantitative estimate of drug-likeness (QED) is 0.141. The summed E-state index contributed by atoms with van der Waals surface area (Å²) in [6.07, 6.45) is 0.457. The zero-order chi connectivity index (χ0) is 26.3. The molecule has 0 saturated carbocycles. The van der Waals surface area contributed by atoms with Crippen molar-refractivity contribution in [2.24, 2.45) is 22.9 Å². The van der Waals surface area contributed by atoms with Gasteiger partial charge < -0.3 is 4.74 Å². The molecule has 0 bridgehead atoms. The van der Waals surface area contributed by atoms with Crippen molar-refractivity contribution in [1.82, 2.24) is 5.43 Å². The average Bonchev–Trinajstić information content (AvgIpc) is 3.33. The number of esters is 1. The highest BCUT2D eigenvalue weighted by Gasteiger charge is 2.57. The van der Waals surface area contributed by atoms with Crippen molar-refractivity contribution in [2.45, 2.75) is 32.8 Å². The second-order valence-electron chi connectivity index (χ2n) is 9.94. The van der Waals surface area contributed by atoms with Crippen LogP contribution in [0.15, 0.2) is 82.4 Å². The van der Waals surface area contributed by atoms with Crippen LogP contribution in [-0.4, -0.2) is 29.0 Å². The molecule has 1 aliphatic heterocycles. The molecular formula is C30H27BrN2O4. The minimum Gasteiger partial charge on any atom is -0.459 e. The third-order valence-electron chi connectivity index (χ3n) is 7.33. The van der Waals surface area contributed by atoms with E-state index >= 15 is 0 Å². The first kappa shape index (κ1) is 25.1. The fourth-order valence-corrected chi connectivity index (χ4v) is 5.92. The molecule has 1 aliphatic carbocycles. The standard InChI is InChI=1S/C30H27BrN2O4/c1-4-19(27(34)17-13-15-18(31)16-14-17)25-24(29(36)37-30(25,2)3)28(35)33-32-26-22-11-7-5-9-20(22)21-10-6-8-12-23(21)26/h5-16,19,24-25H,4H2,1-3H3,(H,33,35). The zero-order valence-electron chi connectivity index (χ0n) is 20.8. The molecule has 5 rings (SSSR count). The van der Waals surface area contributed by atoms with Crippen LogP contribution in [0.2, 0.25) is 0 Å². The Morgan fingerprint density at radius 3 is 2.03 bits per heavy atom. The number of hydrogen-bond acceptors (Lipinski definition) is 5. The van der Waals surface area contributed by atoms with E-state index < -0.39 is 35.2 Å². The van der Waals surface area contributed by atoms with Crippen LogP contribution >= 0.6 is 15.9 Å². The Kier molecular flexibility index (Phi) is 6.58. The summed E-state index contributed by atoms with van der Waals surface area (Å²) >= 11 is 3.39. The first-order valence-corrected chi connectivity index (χ1v) is 13.1. The smallest absolute Gasteiger partial charge is 0.319 e. The van der Waals surface area contributed by atoms with Gasteiger partial charge in [-0.1, -0.05) is 83.5 Å². The van der Waals surface area contributed by atoms with Crippen molar-refractivity contribution < 1.29 is 19.1 Å². The maximum atomic E-state index is 13.5. The monoisotopic (exact) mass is 558 g/mol. The highest BCUT2D eigenvalue weighted by Crippen LogP contribution is 2.44. The van der Waals surface area contributed by atoms with E-state index in [1.54, 1.807) is 38.1 Å². The highest BCUT2D eigenvalue weighted by molar-refractivity contribution is 9.10. The lowest BCUT2D eigenvalue weighted by Crippen LogP contribution is -2.44. The van der Waals surface area contributed by atoms with Gasteiger partial charge in [-0.05, 0) is 43.5 Å². The minimum absolute atomic E-state index is 0.117. The van der Waals surface area contributed by atoms with Gasteiger partial charge in [-0.25, -0.2) is 5.43 Å². The van der Waals surface area contributed by atoms with Gasteiger partial charge >= 0.3 is 5.97 Å². The molecule has 3 aromatic carbocycles. The van der Waals surface area contributed by atoms with Crippen LogP contribution < -0.4 is 5.43 Å². The van der Waals surface area contributed by atoms with Crippen LogP contribution in [-0.2, 0) is 14.3 Å². The fourth-order valence-electron chi connectivity index (χ4n) is 5.65. The minimum atomic E-state index is -1.16. The molecule has 188 valence electrons. The van der Waals surface area contributed by atoms with Crippen LogP contribution in [0.5, 0.6) is 0 Å². The molecule has 7 heteroatoms. The third kappa shape index (κ3) is 4.42. The number of ketones is 1. The summed E-state index contributed by atoms with van der Waals surface area (Å²) in [5.74, 6) is -3.72.